The molecule has 0 atom stereocenters. The van der Waals surface area contributed by atoms with Gasteiger partial charge in [0, 0.05) is 0 Å². The van der Waals surface area contributed by atoms with Crippen LogP contribution in [-0.2, 0) is 0 Å². The Balaban J connectivity index is 2.24. The maximum Gasteiger partial charge on any atom is 0.235 e. The molecule has 1 aliphatic rings. The summed E-state index contributed by atoms with van der Waals surface area (Å²) < 4.78 is 5.57. The lowest BCUT2D eigenvalue weighted by molar-refractivity contribution is 0.586. The zero-order valence-corrected chi connectivity index (χ0v) is 7.40. The van der Waals surface area contributed by atoms with Gasteiger partial charge in [-0.2, -0.15) is 0 Å². The van der Waals surface area contributed by atoms with Crippen LogP contribution in [0.2, 0.25) is 0 Å². The lowest BCUT2D eigenvalue weighted by Gasteiger charge is -1.85. The van der Waals surface area contributed by atoms with Crippen molar-refractivity contribution in [2.24, 2.45) is 0 Å². The van der Waals surface area contributed by atoms with Gasteiger partial charge in [-0.1, -0.05) is 18.2 Å². The summed E-state index contributed by atoms with van der Waals surface area (Å²) in [5, 5.41) is 0. The molecule has 0 saturated carbocycles. The molecule has 2 nitrogen and oxygen atoms in total. The van der Waals surface area contributed by atoms with Crippen molar-refractivity contribution in [2.75, 3.05) is 0 Å². The Morgan fingerprint density at radius 2 is 2.14 bits per heavy atom. The van der Waals surface area contributed by atoms with Crippen molar-refractivity contribution in [3.63, 3.8) is 0 Å². The zero-order chi connectivity index (χ0) is 9.38. The minimum absolute atomic E-state index is 0.635. The van der Waals surface area contributed by atoms with Gasteiger partial charge >= 0.3 is 0 Å². The summed E-state index contributed by atoms with van der Waals surface area (Å²) in [6, 6.07) is 7.73. The van der Waals surface area contributed by atoms with E-state index in [0.717, 1.165) is 16.7 Å². The van der Waals surface area contributed by atoms with Gasteiger partial charge in [-0.3, -0.25) is 0 Å². The first-order valence-corrected chi connectivity index (χ1v) is 4.43. The van der Waals surface area contributed by atoms with E-state index in [1.165, 1.54) is 0 Å². The van der Waals surface area contributed by atoms with Crippen molar-refractivity contribution in [1.82, 2.24) is 4.98 Å². The zero-order valence-electron chi connectivity index (χ0n) is 7.40. The highest BCUT2D eigenvalue weighted by Crippen LogP contribution is 2.22. The van der Waals surface area contributed by atoms with Gasteiger partial charge in [0.25, 0.3) is 0 Å². The highest BCUT2D eigenvalue weighted by molar-refractivity contribution is 5.78. The highest BCUT2D eigenvalue weighted by Gasteiger charge is 2.08. The third-order valence-electron chi connectivity index (χ3n) is 2.12. The molecule has 1 aliphatic carbocycles. The van der Waals surface area contributed by atoms with Gasteiger partial charge in [0.1, 0.15) is 5.52 Å². The minimum Gasteiger partial charge on any atom is -0.435 e. The van der Waals surface area contributed by atoms with Crippen molar-refractivity contribution in [3.05, 3.63) is 54.1 Å². The van der Waals surface area contributed by atoms with Crippen LogP contribution in [0.25, 0.3) is 16.7 Å². The topological polar surface area (TPSA) is 26.0 Å². The van der Waals surface area contributed by atoms with E-state index in [1.54, 1.807) is 0 Å². The average Bonchev–Trinajstić information content (AvgIpc) is 2.86. The molecule has 3 rings (SSSR count). The third kappa shape index (κ3) is 1.02. The first-order chi connectivity index (χ1) is 6.93. The normalized spacial score (nSPS) is 13.9. The Bertz CT molecular complexity index is 550. The molecule has 1 aromatic heterocycles. The van der Waals surface area contributed by atoms with Crippen LogP contribution in [0.4, 0.5) is 0 Å². The molecule has 0 fully saturated rings. The molecule has 0 bridgehead atoms. The van der Waals surface area contributed by atoms with Gasteiger partial charge in [0.2, 0.25) is 5.89 Å². The van der Waals surface area contributed by atoms with Crippen molar-refractivity contribution >= 4 is 16.7 Å². The van der Waals surface area contributed by atoms with Crippen LogP contribution in [0.3, 0.4) is 0 Å². The van der Waals surface area contributed by atoms with Gasteiger partial charge in [-0.05, 0) is 24.3 Å². The van der Waals surface area contributed by atoms with E-state index in [1.807, 2.05) is 42.5 Å². The fourth-order valence-corrected chi connectivity index (χ4v) is 1.45. The number of oxazole rings is 1. The predicted octanol–water partition coefficient (Wildman–Crippen LogP) is 2.94. The smallest absolute Gasteiger partial charge is 0.235 e. The van der Waals surface area contributed by atoms with Crippen molar-refractivity contribution < 1.29 is 4.42 Å². The van der Waals surface area contributed by atoms with Gasteiger partial charge < -0.3 is 4.42 Å². The quantitative estimate of drug-likeness (QED) is 0.632. The van der Waals surface area contributed by atoms with Crippen LogP contribution in [0.1, 0.15) is 5.89 Å². The van der Waals surface area contributed by atoms with Crippen molar-refractivity contribution in [3.8, 4) is 0 Å². The molecule has 14 heavy (non-hydrogen) atoms. The van der Waals surface area contributed by atoms with E-state index < -0.39 is 0 Å². The number of fused-ring (bicyclic) bond motifs is 1. The molecule has 1 heterocycles. The van der Waals surface area contributed by atoms with Crippen LogP contribution in [-0.4, -0.2) is 4.98 Å². The van der Waals surface area contributed by atoms with Crippen molar-refractivity contribution in [1.29, 1.82) is 0 Å². The number of aromatic nitrogens is 1. The molecule has 0 N–H and O–H groups in total. The molecule has 0 spiro atoms. The third-order valence-corrected chi connectivity index (χ3v) is 2.12. The van der Waals surface area contributed by atoms with Crippen LogP contribution in [0.15, 0.2) is 52.6 Å². The summed E-state index contributed by atoms with van der Waals surface area (Å²) >= 11 is 0. The summed E-state index contributed by atoms with van der Waals surface area (Å²) in [5.41, 5.74) is 5.66. The maximum atomic E-state index is 5.57. The predicted molar refractivity (Wildman–Crippen MR) is 54.6 cm³/mol. The molecular formula is C12H7NO. The van der Waals surface area contributed by atoms with Crippen molar-refractivity contribution in [2.45, 2.75) is 0 Å². The first-order valence-electron chi connectivity index (χ1n) is 4.43. The Hall–Kier alpha value is -2.05. The maximum absolute atomic E-state index is 5.57. The van der Waals surface area contributed by atoms with Crippen LogP contribution in [0.5, 0.6) is 0 Å². The second kappa shape index (κ2) is 2.72. The summed E-state index contributed by atoms with van der Waals surface area (Å²) in [5.74, 6) is 0.635. The molecular weight excluding hydrogens is 174 g/mol. The molecule has 0 aliphatic heterocycles. The molecule has 0 amide bonds. The largest absolute Gasteiger partial charge is 0.435 e. The Morgan fingerprint density at radius 3 is 2.93 bits per heavy atom. The number of allylic oxidation sites excluding steroid dienone is 3. The summed E-state index contributed by atoms with van der Waals surface area (Å²) in [4.78, 5) is 4.36. The molecule has 0 saturated heterocycles. The van der Waals surface area contributed by atoms with Crippen LogP contribution < -0.4 is 0 Å². The number of hydrogen-bond donors (Lipinski definition) is 0. The summed E-state index contributed by atoms with van der Waals surface area (Å²) in [7, 11) is 0. The Morgan fingerprint density at radius 1 is 1.21 bits per heavy atom. The van der Waals surface area contributed by atoms with Crippen LogP contribution >= 0.6 is 0 Å². The highest BCUT2D eigenvalue weighted by atomic mass is 16.3. The second-order valence-corrected chi connectivity index (χ2v) is 3.07. The van der Waals surface area contributed by atoms with E-state index in [-0.39, 0.29) is 0 Å². The van der Waals surface area contributed by atoms with E-state index >= 15 is 0 Å². The Labute approximate surface area is 80.9 Å². The summed E-state index contributed by atoms with van der Waals surface area (Å²) in [6.07, 6.45) is 5.71. The molecule has 66 valence electrons. The summed E-state index contributed by atoms with van der Waals surface area (Å²) in [6.45, 7) is 0. The second-order valence-electron chi connectivity index (χ2n) is 3.07. The molecule has 1 aromatic carbocycles. The van der Waals surface area contributed by atoms with Gasteiger partial charge in [-0.25, -0.2) is 4.98 Å². The van der Waals surface area contributed by atoms with Gasteiger partial charge in [0.15, 0.2) is 5.58 Å². The molecule has 2 aromatic rings. The average molecular weight is 181 g/mol. The molecule has 0 unspecified atom stereocenters. The first kappa shape index (κ1) is 7.36. The number of benzene rings is 1. The Kier molecular flexibility index (Phi) is 1.43. The van der Waals surface area contributed by atoms with E-state index in [2.05, 4.69) is 10.7 Å². The number of hydrogen-bond acceptors (Lipinski definition) is 2. The number of rotatable bonds is 1. The fraction of sp³-hybridized carbons (Fsp3) is 0. The SMILES string of the molecule is C1=CC=CC=1c1nc2ccccc2o1. The van der Waals surface area contributed by atoms with Crippen LogP contribution in [0, 0.1) is 0 Å². The number of nitrogens with zero attached hydrogens (tertiary/aromatic N) is 1. The van der Waals surface area contributed by atoms with E-state index in [9.17, 15) is 0 Å². The van der Waals surface area contributed by atoms with E-state index in [0.29, 0.717) is 5.89 Å². The van der Waals surface area contributed by atoms with Gasteiger partial charge in [0.05, 0.1) is 5.57 Å². The fourth-order valence-electron chi connectivity index (χ4n) is 1.45. The lowest BCUT2D eigenvalue weighted by Crippen LogP contribution is -1.75. The van der Waals surface area contributed by atoms with E-state index in [4.69, 9.17) is 4.42 Å². The lowest BCUT2D eigenvalue weighted by atomic mass is 10.3. The molecule has 0 radical (unpaired) electrons. The molecule has 2 heteroatoms. The number of para-hydroxylation sites is 2. The van der Waals surface area contributed by atoms with Gasteiger partial charge in [-0.15, -0.1) is 5.73 Å². The standard InChI is InChI=1S/C12H7NO/c1-2-6-9(5-1)12-13-10-7-3-4-8-11(10)14-12/h1-5,7-8H. The minimum atomic E-state index is 0.635. The monoisotopic (exact) mass is 181 g/mol.